The van der Waals surface area contributed by atoms with Crippen LogP contribution in [0.3, 0.4) is 0 Å². The van der Waals surface area contributed by atoms with Crippen LogP contribution < -0.4 is 0 Å². The molecule has 0 spiro atoms. The largest absolute Gasteiger partial charge is 0.464 e. The highest BCUT2D eigenvalue weighted by molar-refractivity contribution is 6.19. The maximum atomic E-state index is 13.5. The van der Waals surface area contributed by atoms with Crippen molar-refractivity contribution in [2.24, 2.45) is 0 Å². The smallest absolute Gasteiger partial charge is 0.325 e. The lowest BCUT2D eigenvalue weighted by molar-refractivity contribution is -0.144. The standard InChI is InChI=1S/C61H54N2O8/c1-5-18-40(7-3)58(66)44-24-28-52-48(34-44)50-36-46(60(68)42-20-12-9-13-21-42)26-30-54(50)62(52)38-56(64)70-32-16-11-17-33-71-57(65)39-63-53-29-25-45(59(67)41(8-4)19-6-2)35-49(53)51-37-47(27-31-55(51)63)61(69)43-22-14-10-15-23-43/h5-10,12-15,18-31,34-37H,11,16-17,32-33,38-39H2,1-4H3. The fourth-order valence-corrected chi connectivity index (χ4v) is 9.03. The molecule has 356 valence electrons. The second-order valence-electron chi connectivity index (χ2n) is 17.1. The lowest BCUT2D eigenvalue weighted by Crippen LogP contribution is -2.15. The Kier molecular flexibility index (Phi) is 15.4. The van der Waals surface area contributed by atoms with Gasteiger partial charge in [-0.3, -0.25) is 28.8 Å². The van der Waals surface area contributed by atoms with Crippen molar-refractivity contribution in [3.8, 4) is 0 Å². The average molecular weight is 943 g/mol. The van der Waals surface area contributed by atoms with Gasteiger partial charge in [0.1, 0.15) is 13.1 Å². The Morgan fingerprint density at radius 1 is 0.408 bits per heavy atom. The molecular formula is C61H54N2O8. The van der Waals surface area contributed by atoms with Gasteiger partial charge >= 0.3 is 11.9 Å². The molecule has 6 aromatic carbocycles. The van der Waals surface area contributed by atoms with Crippen LogP contribution in [0.4, 0.5) is 0 Å². The maximum Gasteiger partial charge on any atom is 0.325 e. The van der Waals surface area contributed by atoms with Crippen LogP contribution in [0.25, 0.3) is 43.6 Å². The van der Waals surface area contributed by atoms with E-state index >= 15 is 0 Å². The Hall–Kier alpha value is -8.50. The number of esters is 2. The molecule has 10 heteroatoms. The zero-order valence-electron chi connectivity index (χ0n) is 40.3. The van der Waals surface area contributed by atoms with Crippen LogP contribution in [0.15, 0.2) is 181 Å². The third kappa shape index (κ3) is 10.6. The van der Waals surface area contributed by atoms with Crippen molar-refractivity contribution in [1.29, 1.82) is 0 Å². The minimum absolute atomic E-state index is 0.0897. The number of nitrogens with zero attached hydrogens (tertiary/aromatic N) is 2. The van der Waals surface area contributed by atoms with E-state index in [1.165, 1.54) is 0 Å². The molecule has 0 radical (unpaired) electrons. The second-order valence-corrected chi connectivity index (χ2v) is 17.1. The van der Waals surface area contributed by atoms with Gasteiger partial charge in [-0.15, -0.1) is 0 Å². The molecule has 0 saturated carbocycles. The number of hydrogen-bond donors (Lipinski definition) is 0. The Morgan fingerprint density at radius 3 is 1.08 bits per heavy atom. The molecule has 71 heavy (non-hydrogen) atoms. The summed E-state index contributed by atoms with van der Waals surface area (Å²) in [6.45, 7) is 7.50. The van der Waals surface area contributed by atoms with Crippen LogP contribution in [0.2, 0.25) is 0 Å². The SMILES string of the molecule is CC=CC(=CC)C(=O)c1ccc2c(c1)c1cc(C(=O)c3ccccc3)ccc1n2CC(=O)OCCCCCOC(=O)Cn1c2ccc(C(=O)C(C=CC)=CC)cc2c2cc(C(=O)c3ccccc3)ccc21. The summed E-state index contributed by atoms with van der Waals surface area (Å²) in [6.07, 6.45) is 12.4. The molecule has 2 heterocycles. The van der Waals surface area contributed by atoms with Crippen LogP contribution in [0, 0.1) is 0 Å². The number of ketones is 4. The quantitative estimate of drug-likeness (QED) is 0.0243. The fraction of sp³-hybridized carbons (Fsp3) is 0.180. The highest BCUT2D eigenvalue weighted by Crippen LogP contribution is 2.34. The topological polar surface area (TPSA) is 131 Å². The van der Waals surface area contributed by atoms with Crippen molar-refractivity contribution in [2.75, 3.05) is 13.2 Å². The van der Waals surface area contributed by atoms with E-state index in [9.17, 15) is 28.8 Å². The minimum Gasteiger partial charge on any atom is -0.464 e. The number of fused-ring (bicyclic) bond motifs is 6. The van der Waals surface area contributed by atoms with Crippen molar-refractivity contribution in [3.05, 3.63) is 214 Å². The van der Waals surface area contributed by atoms with Crippen molar-refractivity contribution in [3.63, 3.8) is 0 Å². The minimum atomic E-state index is -0.441. The molecule has 0 atom stereocenters. The van der Waals surface area contributed by atoms with Crippen LogP contribution in [-0.4, -0.2) is 57.4 Å². The van der Waals surface area contributed by atoms with Crippen LogP contribution in [0.1, 0.15) is 99.5 Å². The van der Waals surface area contributed by atoms with Crippen LogP contribution in [-0.2, 0) is 32.2 Å². The molecule has 0 saturated heterocycles. The number of carbonyl (C=O) groups is 6. The Morgan fingerprint density at radius 2 is 0.746 bits per heavy atom. The fourth-order valence-electron chi connectivity index (χ4n) is 9.03. The number of hydrogen-bond acceptors (Lipinski definition) is 8. The van der Waals surface area contributed by atoms with Gasteiger partial charge in [0.15, 0.2) is 23.1 Å². The first kappa shape index (κ1) is 48.9. The van der Waals surface area contributed by atoms with E-state index in [-0.39, 0.29) is 49.4 Å². The zero-order valence-corrected chi connectivity index (χ0v) is 40.3. The average Bonchev–Trinajstić information content (AvgIpc) is 3.88. The predicted octanol–water partition coefficient (Wildman–Crippen LogP) is 12.7. The highest BCUT2D eigenvalue weighted by atomic mass is 16.5. The molecule has 2 aromatic heterocycles. The number of rotatable bonds is 20. The monoisotopic (exact) mass is 942 g/mol. The molecule has 8 rings (SSSR count). The first-order chi connectivity index (χ1) is 34.5. The van der Waals surface area contributed by atoms with Gasteiger partial charge in [0, 0.05) is 88.1 Å². The number of aromatic nitrogens is 2. The first-order valence-corrected chi connectivity index (χ1v) is 23.8. The van der Waals surface area contributed by atoms with Gasteiger partial charge in [-0.2, -0.15) is 0 Å². The third-order valence-electron chi connectivity index (χ3n) is 12.6. The summed E-state index contributed by atoms with van der Waals surface area (Å²) in [6, 6.07) is 39.7. The van der Waals surface area contributed by atoms with Gasteiger partial charge in [-0.25, -0.2) is 0 Å². The van der Waals surface area contributed by atoms with Crippen molar-refractivity contribution in [1.82, 2.24) is 9.13 Å². The molecule has 0 amide bonds. The van der Waals surface area contributed by atoms with E-state index in [4.69, 9.17) is 9.47 Å². The first-order valence-electron chi connectivity index (χ1n) is 23.8. The number of allylic oxidation sites excluding steroid dienone is 8. The lowest BCUT2D eigenvalue weighted by atomic mass is 9.98. The second kappa shape index (κ2) is 22.3. The van der Waals surface area contributed by atoms with E-state index in [1.807, 2.05) is 134 Å². The van der Waals surface area contributed by atoms with Gasteiger partial charge in [-0.1, -0.05) is 97.1 Å². The van der Waals surface area contributed by atoms with Gasteiger partial charge in [-0.05, 0) is 120 Å². The summed E-state index contributed by atoms with van der Waals surface area (Å²) in [5.41, 5.74) is 7.06. The summed E-state index contributed by atoms with van der Waals surface area (Å²) in [4.78, 5) is 80.9. The van der Waals surface area contributed by atoms with E-state index in [0.717, 1.165) is 43.6 Å². The summed E-state index contributed by atoms with van der Waals surface area (Å²) < 4.78 is 15.1. The maximum absolute atomic E-state index is 13.5. The van der Waals surface area contributed by atoms with Crippen LogP contribution >= 0.6 is 0 Å². The molecule has 0 N–H and O–H groups in total. The Labute approximate surface area is 412 Å². The molecule has 0 aliphatic rings. The van der Waals surface area contributed by atoms with E-state index in [1.54, 1.807) is 72.8 Å². The summed E-state index contributed by atoms with van der Waals surface area (Å²) in [7, 11) is 0. The normalized spacial score (nSPS) is 12.2. The van der Waals surface area contributed by atoms with Gasteiger partial charge in [0.05, 0.1) is 13.2 Å². The molecular weight excluding hydrogens is 889 g/mol. The number of carbonyl (C=O) groups excluding carboxylic acids is 6. The number of unbranched alkanes of at least 4 members (excludes halogenated alkanes) is 2. The van der Waals surface area contributed by atoms with Crippen molar-refractivity contribution in [2.45, 2.75) is 60.0 Å². The molecule has 10 nitrogen and oxygen atoms in total. The number of benzene rings is 6. The predicted molar refractivity (Wildman–Crippen MR) is 280 cm³/mol. The van der Waals surface area contributed by atoms with Gasteiger partial charge < -0.3 is 18.6 Å². The zero-order chi connectivity index (χ0) is 50.0. The lowest BCUT2D eigenvalue weighted by Gasteiger charge is -2.10. The molecule has 0 bridgehead atoms. The van der Waals surface area contributed by atoms with Crippen LogP contribution in [0.5, 0.6) is 0 Å². The molecule has 0 fully saturated rings. The van der Waals surface area contributed by atoms with Crippen molar-refractivity contribution < 1.29 is 38.2 Å². The van der Waals surface area contributed by atoms with E-state index in [2.05, 4.69) is 0 Å². The Bertz CT molecular complexity index is 3260. The number of ether oxygens (including phenoxy) is 2. The Balaban J connectivity index is 0.914. The van der Waals surface area contributed by atoms with E-state index in [0.29, 0.717) is 63.8 Å². The van der Waals surface area contributed by atoms with Gasteiger partial charge in [0.25, 0.3) is 0 Å². The van der Waals surface area contributed by atoms with Crippen molar-refractivity contribution >= 4 is 78.7 Å². The molecule has 0 aliphatic carbocycles. The van der Waals surface area contributed by atoms with E-state index < -0.39 is 11.9 Å². The molecule has 0 aliphatic heterocycles. The third-order valence-corrected chi connectivity index (χ3v) is 12.6. The number of Topliss-reactive ketones (excluding diaryl/α,β-unsaturated/α-hetero) is 2. The molecule has 8 aromatic rings. The summed E-state index contributed by atoms with van der Waals surface area (Å²) in [5.74, 6) is -1.43. The summed E-state index contributed by atoms with van der Waals surface area (Å²) >= 11 is 0. The molecule has 0 unspecified atom stereocenters. The van der Waals surface area contributed by atoms with Gasteiger partial charge in [0.2, 0.25) is 0 Å². The summed E-state index contributed by atoms with van der Waals surface area (Å²) in [5, 5.41) is 2.94. The highest BCUT2D eigenvalue weighted by Gasteiger charge is 2.22.